The van der Waals surface area contributed by atoms with Crippen LogP contribution in [0.1, 0.15) is 25.3 Å². The number of nitrogens with zero attached hydrogens (tertiary/aromatic N) is 2. The highest BCUT2D eigenvalue weighted by atomic mass is 16.5. The van der Waals surface area contributed by atoms with E-state index in [1.54, 1.807) is 7.05 Å². The lowest BCUT2D eigenvalue weighted by Gasteiger charge is -2.25. The van der Waals surface area contributed by atoms with Crippen molar-refractivity contribution >= 4 is 11.6 Å². The Labute approximate surface area is 178 Å². The van der Waals surface area contributed by atoms with Crippen molar-refractivity contribution in [1.29, 1.82) is 0 Å². The van der Waals surface area contributed by atoms with Gasteiger partial charge in [0.05, 0.1) is 0 Å². The molecule has 0 aliphatic carbocycles. The van der Waals surface area contributed by atoms with E-state index in [4.69, 9.17) is 19.4 Å². The van der Waals surface area contributed by atoms with Gasteiger partial charge in [0, 0.05) is 43.5 Å². The minimum atomic E-state index is -0.565. The van der Waals surface area contributed by atoms with Crippen LogP contribution in [-0.4, -0.2) is 67.2 Å². The summed E-state index contributed by atoms with van der Waals surface area (Å²) in [5.41, 5.74) is 1.87. The quantitative estimate of drug-likeness (QED) is 0.469. The topological polar surface area (TPSA) is 101 Å². The van der Waals surface area contributed by atoms with Gasteiger partial charge in [-0.25, -0.2) is 9.97 Å². The summed E-state index contributed by atoms with van der Waals surface area (Å²) in [6, 6.07) is 8.01. The molecule has 1 atom stereocenters. The van der Waals surface area contributed by atoms with E-state index in [0.29, 0.717) is 24.2 Å². The number of aromatic nitrogens is 2. The normalized spacial score (nSPS) is 15.6. The number of aliphatic hydroxyl groups is 1. The van der Waals surface area contributed by atoms with Crippen LogP contribution in [0.4, 0.5) is 11.6 Å². The molecule has 0 bridgehead atoms. The van der Waals surface area contributed by atoms with Crippen LogP contribution >= 0.6 is 0 Å². The van der Waals surface area contributed by atoms with Crippen molar-refractivity contribution in [2.75, 3.05) is 50.6 Å². The van der Waals surface area contributed by atoms with Crippen molar-refractivity contribution in [1.82, 2.24) is 15.3 Å². The highest BCUT2D eigenvalue weighted by Gasteiger charge is 2.18. The molecule has 1 saturated heterocycles. The van der Waals surface area contributed by atoms with Gasteiger partial charge in [0.15, 0.2) is 5.82 Å². The molecule has 0 radical (unpaired) electrons. The van der Waals surface area contributed by atoms with E-state index in [1.807, 2.05) is 31.2 Å². The summed E-state index contributed by atoms with van der Waals surface area (Å²) in [6.07, 6.45) is 1.37. The number of hydrogen-bond acceptors (Lipinski definition) is 8. The zero-order chi connectivity index (χ0) is 21.3. The largest absolute Gasteiger partial charge is 0.491 e. The van der Waals surface area contributed by atoms with Crippen molar-refractivity contribution in [2.45, 2.75) is 38.8 Å². The molecule has 4 N–H and O–H groups in total. The van der Waals surface area contributed by atoms with E-state index >= 15 is 0 Å². The molecule has 0 amide bonds. The van der Waals surface area contributed by atoms with Crippen LogP contribution in [0.15, 0.2) is 24.3 Å². The second kappa shape index (κ2) is 11.1. The molecule has 1 aliphatic rings. The minimum Gasteiger partial charge on any atom is -0.491 e. The van der Waals surface area contributed by atoms with Gasteiger partial charge in [-0.2, -0.15) is 0 Å². The predicted molar refractivity (Wildman–Crippen MR) is 119 cm³/mol. The van der Waals surface area contributed by atoms with Gasteiger partial charge in [-0.3, -0.25) is 0 Å². The smallest absolute Gasteiger partial charge is 0.164 e. The second-order valence-electron chi connectivity index (χ2n) is 7.48. The maximum absolute atomic E-state index is 9.88. The maximum Gasteiger partial charge on any atom is 0.164 e. The van der Waals surface area contributed by atoms with Crippen molar-refractivity contribution in [3.63, 3.8) is 0 Å². The van der Waals surface area contributed by atoms with Crippen LogP contribution in [-0.2, 0) is 4.74 Å². The van der Waals surface area contributed by atoms with Gasteiger partial charge in [0.1, 0.15) is 30.1 Å². The lowest BCUT2D eigenvalue weighted by atomic mass is 10.1. The van der Waals surface area contributed by atoms with Gasteiger partial charge >= 0.3 is 0 Å². The average molecular weight is 416 g/mol. The molecule has 2 heterocycles. The number of aliphatic hydroxyl groups excluding tert-OH is 1. The molecule has 1 fully saturated rings. The lowest BCUT2D eigenvalue weighted by molar-refractivity contribution is 0.0904. The summed E-state index contributed by atoms with van der Waals surface area (Å²) in [5, 5.41) is 19.7. The number of hydrogen-bond donors (Lipinski definition) is 4. The van der Waals surface area contributed by atoms with Crippen molar-refractivity contribution in [3.05, 3.63) is 29.8 Å². The molecule has 1 aromatic heterocycles. The van der Waals surface area contributed by atoms with E-state index < -0.39 is 6.10 Å². The molecule has 1 unspecified atom stereocenters. The summed E-state index contributed by atoms with van der Waals surface area (Å²) in [5.74, 6) is 2.98. The molecular weight excluding hydrogens is 382 g/mol. The fourth-order valence-corrected chi connectivity index (χ4v) is 3.37. The number of ether oxygens (including phenoxy) is 2. The van der Waals surface area contributed by atoms with Gasteiger partial charge in [0.2, 0.25) is 0 Å². The summed E-state index contributed by atoms with van der Waals surface area (Å²) < 4.78 is 11.2. The summed E-state index contributed by atoms with van der Waals surface area (Å²) >= 11 is 0. The first-order valence-corrected chi connectivity index (χ1v) is 10.6. The summed E-state index contributed by atoms with van der Waals surface area (Å²) in [4.78, 5) is 9.58. The first-order chi connectivity index (χ1) is 14.6. The third kappa shape index (κ3) is 6.04. The predicted octanol–water partition coefficient (Wildman–Crippen LogP) is 2.43. The standard InChI is InChI=1S/C22H33N5O3/c1-4-24-20-15(2)21(25-17-8-10-29-11-9-17)27-22(26-20)16-6-5-7-19(12-16)30-14-18(28)13-23-3/h5-7,12,17-18,23,28H,4,8-11,13-14H2,1-3H3,(H2,24,25,26,27). The number of rotatable bonds is 10. The molecular formula is C22H33N5O3. The van der Waals surface area contributed by atoms with Gasteiger partial charge < -0.3 is 30.5 Å². The molecule has 1 aliphatic heterocycles. The van der Waals surface area contributed by atoms with Gasteiger partial charge in [-0.05, 0) is 45.9 Å². The monoisotopic (exact) mass is 415 g/mol. The SMILES string of the molecule is CCNc1nc(-c2cccc(OCC(O)CNC)c2)nc(NC2CCOCC2)c1C. The first kappa shape index (κ1) is 22.3. The molecule has 1 aromatic carbocycles. The van der Waals surface area contributed by atoms with E-state index in [9.17, 15) is 5.11 Å². The highest BCUT2D eigenvalue weighted by molar-refractivity contribution is 5.66. The zero-order valence-corrected chi connectivity index (χ0v) is 18.1. The molecule has 8 nitrogen and oxygen atoms in total. The van der Waals surface area contributed by atoms with Gasteiger partial charge in [-0.15, -0.1) is 0 Å². The van der Waals surface area contributed by atoms with E-state index in [2.05, 4.69) is 22.9 Å². The van der Waals surface area contributed by atoms with Crippen LogP contribution < -0.4 is 20.7 Å². The first-order valence-electron chi connectivity index (χ1n) is 10.6. The minimum absolute atomic E-state index is 0.220. The maximum atomic E-state index is 9.88. The van der Waals surface area contributed by atoms with Crippen LogP contribution in [0.5, 0.6) is 5.75 Å². The number of likely N-dealkylation sites (N-methyl/N-ethyl adjacent to an activating group) is 1. The Balaban J connectivity index is 1.84. The Bertz CT molecular complexity index is 811. The second-order valence-corrected chi connectivity index (χ2v) is 7.48. The van der Waals surface area contributed by atoms with Crippen molar-refractivity contribution < 1.29 is 14.6 Å². The summed E-state index contributed by atoms with van der Waals surface area (Å²) in [7, 11) is 1.80. The Morgan fingerprint density at radius 2 is 2.00 bits per heavy atom. The molecule has 164 valence electrons. The van der Waals surface area contributed by atoms with Crippen molar-refractivity contribution in [3.8, 4) is 17.1 Å². The van der Waals surface area contributed by atoms with E-state index in [0.717, 1.165) is 55.4 Å². The molecule has 0 saturated carbocycles. The zero-order valence-electron chi connectivity index (χ0n) is 18.1. The van der Waals surface area contributed by atoms with Crippen LogP contribution in [0.3, 0.4) is 0 Å². The van der Waals surface area contributed by atoms with E-state index in [1.165, 1.54) is 0 Å². The van der Waals surface area contributed by atoms with Gasteiger partial charge in [-0.1, -0.05) is 12.1 Å². The Hall–Kier alpha value is -2.42. The van der Waals surface area contributed by atoms with Crippen LogP contribution in [0.2, 0.25) is 0 Å². The highest BCUT2D eigenvalue weighted by Crippen LogP contribution is 2.28. The Morgan fingerprint density at radius 3 is 2.73 bits per heavy atom. The third-order valence-electron chi connectivity index (χ3n) is 5.03. The number of nitrogens with one attached hydrogen (secondary N) is 3. The van der Waals surface area contributed by atoms with E-state index in [-0.39, 0.29) is 6.61 Å². The Kier molecular flexibility index (Phi) is 8.24. The fourth-order valence-electron chi connectivity index (χ4n) is 3.37. The lowest BCUT2D eigenvalue weighted by Crippen LogP contribution is -2.29. The van der Waals surface area contributed by atoms with Crippen LogP contribution in [0, 0.1) is 6.92 Å². The molecule has 2 aromatic rings. The number of anilines is 2. The fraction of sp³-hybridized carbons (Fsp3) is 0.545. The third-order valence-corrected chi connectivity index (χ3v) is 5.03. The van der Waals surface area contributed by atoms with Gasteiger partial charge in [0.25, 0.3) is 0 Å². The molecule has 3 rings (SSSR count). The average Bonchev–Trinajstić information content (AvgIpc) is 2.76. The Morgan fingerprint density at radius 1 is 1.23 bits per heavy atom. The molecule has 0 spiro atoms. The van der Waals surface area contributed by atoms with Crippen molar-refractivity contribution in [2.24, 2.45) is 0 Å². The molecule has 30 heavy (non-hydrogen) atoms. The summed E-state index contributed by atoms with van der Waals surface area (Å²) in [6.45, 7) is 7.11. The molecule has 8 heteroatoms. The number of benzene rings is 1. The van der Waals surface area contributed by atoms with Crippen LogP contribution in [0.25, 0.3) is 11.4 Å².